The lowest BCUT2D eigenvalue weighted by Gasteiger charge is -2.11. The summed E-state index contributed by atoms with van der Waals surface area (Å²) in [5, 5.41) is 18.2. The molecule has 0 rings (SSSR count). The molecule has 0 fully saturated rings. The Morgan fingerprint density at radius 1 is 1.70 bits per heavy atom. The number of hydrogen-bond acceptors (Lipinski definition) is 3. The summed E-state index contributed by atoms with van der Waals surface area (Å²) in [5.74, 6) is -1.15. The lowest BCUT2D eigenvalue weighted by Crippen LogP contribution is -2.31. The fourth-order valence-corrected chi connectivity index (χ4v) is 0.390. The largest absolute Gasteiger partial charge is 0.481 e. The van der Waals surface area contributed by atoms with Gasteiger partial charge < -0.3 is 5.11 Å². The molecule has 0 heterocycles. The van der Waals surface area contributed by atoms with E-state index in [2.05, 4.69) is 0 Å². The van der Waals surface area contributed by atoms with Gasteiger partial charge in [0.25, 0.3) is 0 Å². The van der Waals surface area contributed by atoms with Crippen molar-refractivity contribution in [2.24, 2.45) is 5.41 Å². The van der Waals surface area contributed by atoms with Gasteiger partial charge in [-0.25, -0.2) is 0 Å². The van der Waals surface area contributed by atoms with E-state index in [-0.39, 0.29) is 0 Å². The highest BCUT2D eigenvalue weighted by Gasteiger charge is 2.32. The van der Waals surface area contributed by atoms with Crippen molar-refractivity contribution in [1.82, 2.24) is 0 Å². The van der Waals surface area contributed by atoms with Crippen LogP contribution in [0.15, 0.2) is 0 Å². The highest BCUT2D eigenvalue weighted by molar-refractivity contribution is 5.73. The number of carboxylic acids is 1. The molecule has 0 aromatic heterocycles. The molecule has 0 atom stereocenters. The van der Waals surface area contributed by atoms with Gasteiger partial charge in [-0.2, -0.15) is 0 Å². The van der Waals surface area contributed by atoms with E-state index in [9.17, 15) is 14.9 Å². The van der Waals surface area contributed by atoms with E-state index < -0.39 is 22.9 Å². The van der Waals surface area contributed by atoms with Crippen LogP contribution in [0.1, 0.15) is 13.8 Å². The Morgan fingerprint density at radius 3 is 2.20 bits per heavy atom. The number of carboxylic acid groups (broad SMARTS) is 1. The SMILES string of the molecule is CC(C)(C[N+](=O)[O-])C(=O)O. The van der Waals surface area contributed by atoms with E-state index in [0.29, 0.717) is 0 Å². The quantitative estimate of drug-likeness (QED) is 0.462. The van der Waals surface area contributed by atoms with Crippen molar-refractivity contribution in [2.75, 3.05) is 6.54 Å². The lowest BCUT2D eigenvalue weighted by atomic mass is 9.94. The number of aliphatic carboxylic acids is 1. The molecule has 0 aliphatic carbocycles. The minimum Gasteiger partial charge on any atom is -0.481 e. The summed E-state index contributed by atoms with van der Waals surface area (Å²) in [5.41, 5.74) is -1.26. The molecule has 58 valence electrons. The smallest absolute Gasteiger partial charge is 0.315 e. The van der Waals surface area contributed by atoms with Crippen LogP contribution in [0.25, 0.3) is 0 Å². The molecule has 1 N–H and O–H groups in total. The Labute approximate surface area is 57.8 Å². The Kier molecular flexibility index (Phi) is 2.34. The van der Waals surface area contributed by atoms with E-state index in [1.807, 2.05) is 0 Å². The van der Waals surface area contributed by atoms with Crippen LogP contribution in [-0.4, -0.2) is 22.5 Å². The molecule has 0 aliphatic heterocycles. The average Bonchev–Trinajstić information content (AvgIpc) is 1.60. The van der Waals surface area contributed by atoms with Crippen LogP contribution in [0.4, 0.5) is 0 Å². The van der Waals surface area contributed by atoms with E-state index in [1.54, 1.807) is 0 Å². The zero-order chi connectivity index (χ0) is 8.36. The second kappa shape index (κ2) is 2.64. The molecule has 0 unspecified atom stereocenters. The predicted molar refractivity (Wildman–Crippen MR) is 33.3 cm³/mol. The molecule has 5 nitrogen and oxygen atoms in total. The maximum Gasteiger partial charge on any atom is 0.315 e. The van der Waals surface area contributed by atoms with Crippen LogP contribution in [0.5, 0.6) is 0 Å². The van der Waals surface area contributed by atoms with Crippen molar-refractivity contribution in [3.8, 4) is 0 Å². The van der Waals surface area contributed by atoms with Crippen LogP contribution >= 0.6 is 0 Å². The summed E-state index contributed by atoms with van der Waals surface area (Å²) in [6.45, 7) is 2.10. The number of nitro groups is 1. The number of nitrogens with zero attached hydrogens (tertiary/aromatic N) is 1. The molecule has 5 heteroatoms. The Hall–Kier alpha value is -1.13. The Balaban J connectivity index is 4.13. The van der Waals surface area contributed by atoms with Gasteiger partial charge in [0, 0.05) is 4.92 Å². The van der Waals surface area contributed by atoms with Crippen LogP contribution in [-0.2, 0) is 4.79 Å². The van der Waals surface area contributed by atoms with Gasteiger partial charge in [0.1, 0.15) is 5.41 Å². The van der Waals surface area contributed by atoms with E-state index in [0.717, 1.165) is 0 Å². The number of carbonyl (C=O) groups is 1. The monoisotopic (exact) mass is 147 g/mol. The summed E-state index contributed by atoms with van der Waals surface area (Å²) in [6.07, 6.45) is 0. The summed E-state index contributed by atoms with van der Waals surface area (Å²) < 4.78 is 0. The van der Waals surface area contributed by atoms with Crippen molar-refractivity contribution in [3.63, 3.8) is 0 Å². The second-order valence-electron chi connectivity index (χ2n) is 2.68. The highest BCUT2D eigenvalue weighted by atomic mass is 16.6. The maximum absolute atomic E-state index is 10.3. The lowest BCUT2D eigenvalue weighted by molar-refractivity contribution is -0.492. The van der Waals surface area contributed by atoms with Gasteiger partial charge in [0.15, 0.2) is 0 Å². The fraction of sp³-hybridized carbons (Fsp3) is 0.800. The first kappa shape index (κ1) is 8.87. The zero-order valence-electron chi connectivity index (χ0n) is 5.83. The standard InChI is InChI=1S/C5H9NO4/c1-5(2,4(7)8)3-6(9)10/h3H2,1-2H3,(H,7,8). The summed E-state index contributed by atoms with van der Waals surface area (Å²) >= 11 is 0. The minimum absolute atomic E-state index is 0.539. The van der Waals surface area contributed by atoms with Crippen LogP contribution in [0, 0.1) is 15.5 Å². The molecule has 0 aromatic carbocycles. The molecule has 0 spiro atoms. The third-order valence-corrected chi connectivity index (χ3v) is 1.10. The van der Waals surface area contributed by atoms with E-state index in [1.165, 1.54) is 13.8 Å². The fourth-order valence-electron chi connectivity index (χ4n) is 0.390. The molecule has 0 bridgehead atoms. The Morgan fingerprint density at radius 2 is 2.10 bits per heavy atom. The maximum atomic E-state index is 10.3. The topological polar surface area (TPSA) is 80.4 Å². The average molecular weight is 147 g/mol. The molecule has 10 heavy (non-hydrogen) atoms. The van der Waals surface area contributed by atoms with Crippen LogP contribution in [0.3, 0.4) is 0 Å². The van der Waals surface area contributed by atoms with Crippen molar-refractivity contribution in [3.05, 3.63) is 10.1 Å². The molecular weight excluding hydrogens is 138 g/mol. The van der Waals surface area contributed by atoms with Crippen molar-refractivity contribution in [2.45, 2.75) is 13.8 Å². The highest BCUT2D eigenvalue weighted by Crippen LogP contribution is 2.14. The number of hydrogen-bond donors (Lipinski definition) is 1. The minimum atomic E-state index is -1.26. The second-order valence-corrected chi connectivity index (χ2v) is 2.68. The molecule has 0 aromatic rings. The van der Waals surface area contributed by atoms with E-state index in [4.69, 9.17) is 5.11 Å². The molecule has 0 saturated heterocycles. The predicted octanol–water partition coefficient (Wildman–Crippen LogP) is 0.374. The van der Waals surface area contributed by atoms with Crippen molar-refractivity contribution >= 4 is 5.97 Å². The summed E-state index contributed by atoms with van der Waals surface area (Å²) in [7, 11) is 0. The van der Waals surface area contributed by atoms with Crippen LogP contribution < -0.4 is 0 Å². The summed E-state index contributed by atoms with van der Waals surface area (Å²) in [6, 6.07) is 0. The van der Waals surface area contributed by atoms with Gasteiger partial charge in [-0.15, -0.1) is 0 Å². The van der Waals surface area contributed by atoms with Crippen molar-refractivity contribution in [1.29, 1.82) is 0 Å². The third-order valence-electron chi connectivity index (χ3n) is 1.10. The summed E-state index contributed by atoms with van der Waals surface area (Å²) in [4.78, 5) is 19.5. The van der Waals surface area contributed by atoms with E-state index >= 15 is 0 Å². The zero-order valence-corrected chi connectivity index (χ0v) is 5.83. The molecule has 0 aliphatic rings. The molecule has 0 amide bonds. The number of rotatable bonds is 3. The van der Waals surface area contributed by atoms with Gasteiger partial charge in [-0.3, -0.25) is 14.9 Å². The van der Waals surface area contributed by atoms with Crippen LogP contribution in [0.2, 0.25) is 0 Å². The first-order valence-corrected chi connectivity index (χ1v) is 2.71. The van der Waals surface area contributed by atoms with Crippen molar-refractivity contribution < 1.29 is 14.8 Å². The molecule has 0 radical (unpaired) electrons. The van der Waals surface area contributed by atoms with Gasteiger partial charge in [0.2, 0.25) is 6.54 Å². The molecule has 0 saturated carbocycles. The van der Waals surface area contributed by atoms with Gasteiger partial charge in [-0.05, 0) is 13.8 Å². The first-order valence-electron chi connectivity index (χ1n) is 2.71. The van der Waals surface area contributed by atoms with Gasteiger partial charge in [0.05, 0.1) is 0 Å². The first-order chi connectivity index (χ1) is 4.36. The molecular formula is C5H9NO4. The van der Waals surface area contributed by atoms with Gasteiger partial charge in [-0.1, -0.05) is 0 Å². The van der Waals surface area contributed by atoms with Gasteiger partial charge >= 0.3 is 5.97 Å². The normalized spacial score (nSPS) is 11.0. The third kappa shape index (κ3) is 2.43. The Bertz CT molecular complexity index is 163.